The van der Waals surface area contributed by atoms with E-state index >= 15 is 0 Å². The Labute approximate surface area is 166 Å². The number of anilines is 1. The molecule has 0 spiro atoms. The van der Waals surface area contributed by atoms with Crippen LogP contribution in [0.4, 0.5) is 10.1 Å². The maximum atomic E-state index is 14.4. The SMILES string of the molecule is Cc1cccc(F)c1C(=O)N1CCCCC1c1ccc(NC2CCCC2)cc1. The summed E-state index contributed by atoms with van der Waals surface area (Å²) in [6.45, 7) is 2.48. The van der Waals surface area contributed by atoms with Gasteiger partial charge in [-0.15, -0.1) is 0 Å². The fraction of sp³-hybridized carbons (Fsp3) is 0.458. The molecule has 1 aliphatic heterocycles. The van der Waals surface area contributed by atoms with Crippen molar-refractivity contribution in [1.82, 2.24) is 4.90 Å². The summed E-state index contributed by atoms with van der Waals surface area (Å²) in [6.07, 6.45) is 8.09. The van der Waals surface area contributed by atoms with E-state index in [9.17, 15) is 9.18 Å². The molecule has 0 aromatic heterocycles. The van der Waals surface area contributed by atoms with Gasteiger partial charge in [0.1, 0.15) is 5.82 Å². The van der Waals surface area contributed by atoms with Gasteiger partial charge in [0.05, 0.1) is 11.6 Å². The van der Waals surface area contributed by atoms with Gasteiger partial charge >= 0.3 is 0 Å². The maximum Gasteiger partial charge on any atom is 0.257 e. The molecule has 1 N–H and O–H groups in total. The van der Waals surface area contributed by atoms with E-state index in [4.69, 9.17) is 0 Å². The molecule has 4 rings (SSSR count). The highest BCUT2D eigenvalue weighted by Gasteiger charge is 2.30. The van der Waals surface area contributed by atoms with Gasteiger partial charge in [-0.05, 0) is 68.4 Å². The molecule has 1 unspecified atom stereocenters. The van der Waals surface area contributed by atoms with E-state index in [-0.39, 0.29) is 17.5 Å². The van der Waals surface area contributed by atoms with Gasteiger partial charge < -0.3 is 10.2 Å². The molecule has 0 bridgehead atoms. The van der Waals surface area contributed by atoms with Crippen LogP contribution in [-0.2, 0) is 0 Å². The molecule has 1 atom stereocenters. The van der Waals surface area contributed by atoms with Crippen LogP contribution in [0.2, 0.25) is 0 Å². The molecule has 2 aromatic rings. The van der Waals surface area contributed by atoms with Crippen molar-refractivity contribution in [3.8, 4) is 0 Å². The predicted molar refractivity (Wildman–Crippen MR) is 111 cm³/mol. The summed E-state index contributed by atoms with van der Waals surface area (Å²) < 4.78 is 14.4. The third-order valence-electron chi connectivity index (χ3n) is 6.22. The molecule has 1 aliphatic carbocycles. The summed E-state index contributed by atoms with van der Waals surface area (Å²) in [5, 5.41) is 3.62. The lowest BCUT2D eigenvalue weighted by molar-refractivity contribution is 0.0606. The second-order valence-electron chi connectivity index (χ2n) is 8.19. The van der Waals surface area contributed by atoms with Crippen molar-refractivity contribution in [1.29, 1.82) is 0 Å². The molecule has 28 heavy (non-hydrogen) atoms. The van der Waals surface area contributed by atoms with Crippen LogP contribution in [-0.4, -0.2) is 23.4 Å². The number of rotatable bonds is 4. The summed E-state index contributed by atoms with van der Waals surface area (Å²) in [7, 11) is 0. The highest BCUT2D eigenvalue weighted by Crippen LogP contribution is 2.34. The minimum Gasteiger partial charge on any atom is -0.382 e. The van der Waals surface area contributed by atoms with Crippen molar-refractivity contribution in [2.45, 2.75) is 64.0 Å². The molecule has 2 fully saturated rings. The van der Waals surface area contributed by atoms with E-state index in [2.05, 4.69) is 29.6 Å². The van der Waals surface area contributed by atoms with E-state index in [1.54, 1.807) is 19.1 Å². The van der Waals surface area contributed by atoms with Crippen molar-refractivity contribution < 1.29 is 9.18 Å². The van der Waals surface area contributed by atoms with Gasteiger partial charge in [0.2, 0.25) is 0 Å². The number of piperidine rings is 1. The standard InChI is InChI=1S/C24H29FN2O/c1-17-7-6-10-21(25)23(17)24(28)27-16-5-4-11-22(27)18-12-14-20(15-13-18)26-19-8-2-3-9-19/h6-7,10,12-15,19,22,26H,2-5,8-9,11,16H2,1H3. The zero-order valence-corrected chi connectivity index (χ0v) is 16.6. The molecule has 2 aliphatic rings. The van der Waals surface area contributed by atoms with Crippen molar-refractivity contribution in [3.05, 3.63) is 65.0 Å². The lowest BCUT2D eigenvalue weighted by Gasteiger charge is -2.36. The van der Waals surface area contributed by atoms with Crippen LogP contribution in [0.25, 0.3) is 0 Å². The summed E-state index contributed by atoms with van der Waals surface area (Å²) in [5.41, 5.74) is 3.20. The molecule has 148 valence electrons. The van der Waals surface area contributed by atoms with Crippen LogP contribution < -0.4 is 5.32 Å². The molecular weight excluding hydrogens is 351 g/mol. The number of carbonyl (C=O) groups excluding carboxylic acids is 1. The summed E-state index contributed by atoms with van der Waals surface area (Å²) in [5.74, 6) is -0.612. The van der Waals surface area contributed by atoms with E-state index in [1.165, 1.54) is 31.7 Å². The first-order valence-electron chi connectivity index (χ1n) is 10.6. The van der Waals surface area contributed by atoms with Gasteiger partial charge in [0.15, 0.2) is 0 Å². The number of carbonyl (C=O) groups is 1. The molecular formula is C24H29FN2O. The van der Waals surface area contributed by atoms with Crippen molar-refractivity contribution in [3.63, 3.8) is 0 Å². The number of hydrogen-bond donors (Lipinski definition) is 1. The monoisotopic (exact) mass is 380 g/mol. The van der Waals surface area contributed by atoms with Crippen molar-refractivity contribution in [2.24, 2.45) is 0 Å². The molecule has 1 heterocycles. The first-order chi connectivity index (χ1) is 13.6. The zero-order valence-electron chi connectivity index (χ0n) is 16.6. The van der Waals surface area contributed by atoms with Gasteiger partial charge in [0.25, 0.3) is 5.91 Å². The van der Waals surface area contributed by atoms with Gasteiger partial charge in [-0.25, -0.2) is 4.39 Å². The van der Waals surface area contributed by atoms with E-state index < -0.39 is 5.82 Å². The number of amides is 1. The molecule has 2 aromatic carbocycles. The third-order valence-corrected chi connectivity index (χ3v) is 6.22. The summed E-state index contributed by atoms with van der Waals surface area (Å²) in [4.78, 5) is 15.1. The van der Waals surface area contributed by atoms with Crippen LogP contribution >= 0.6 is 0 Å². The first-order valence-corrected chi connectivity index (χ1v) is 10.6. The van der Waals surface area contributed by atoms with Gasteiger partial charge in [-0.3, -0.25) is 4.79 Å². The lowest BCUT2D eigenvalue weighted by Crippen LogP contribution is -2.39. The number of nitrogens with one attached hydrogen (secondary N) is 1. The minimum absolute atomic E-state index is 0.0146. The third kappa shape index (κ3) is 3.91. The Kier molecular flexibility index (Phi) is 5.65. The average Bonchev–Trinajstić information content (AvgIpc) is 3.21. The number of hydrogen-bond acceptors (Lipinski definition) is 2. The van der Waals surface area contributed by atoms with Crippen LogP contribution in [0.5, 0.6) is 0 Å². The first kappa shape index (κ1) is 19.0. The maximum absolute atomic E-state index is 14.4. The van der Waals surface area contributed by atoms with Crippen molar-refractivity contribution >= 4 is 11.6 Å². The lowest BCUT2D eigenvalue weighted by atomic mass is 9.93. The zero-order chi connectivity index (χ0) is 19.5. The van der Waals surface area contributed by atoms with Gasteiger partial charge in [0, 0.05) is 18.3 Å². The normalized spacial score (nSPS) is 20.4. The van der Waals surface area contributed by atoms with Crippen LogP contribution in [0, 0.1) is 12.7 Å². The molecule has 1 saturated heterocycles. The molecule has 1 amide bonds. The minimum atomic E-state index is -0.426. The summed E-state index contributed by atoms with van der Waals surface area (Å²) >= 11 is 0. The quantitative estimate of drug-likeness (QED) is 0.721. The fourth-order valence-corrected chi connectivity index (χ4v) is 4.67. The summed E-state index contributed by atoms with van der Waals surface area (Å²) in [6, 6.07) is 13.9. The van der Waals surface area contributed by atoms with Crippen LogP contribution in [0.1, 0.15) is 72.5 Å². The largest absolute Gasteiger partial charge is 0.382 e. The van der Waals surface area contributed by atoms with Crippen LogP contribution in [0.15, 0.2) is 42.5 Å². The van der Waals surface area contributed by atoms with Crippen molar-refractivity contribution in [2.75, 3.05) is 11.9 Å². The predicted octanol–water partition coefficient (Wildman–Crippen LogP) is 5.86. The van der Waals surface area contributed by atoms with E-state index in [0.717, 1.165) is 30.5 Å². The fourth-order valence-electron chi connectivity index (χ4n) is 4.67. The van der Waals surface area contributed by atoms with Gasteiger partial charge in [-0.2, -0.15) is 0 Å². The van der Waals surface area contributed by atoms with E-state index in [1.807, 2.05) is 4.90 Å². The number of nitrogens with zero attached hydrogens (tertiary/aromatic N) is 1. The Morgan fingerprint density at radius 3 is 2.43 bits per heavy atom. The Hall–Kier alpha value is -2.36. The Morgan fingerprint density at radius 2 is 1.71 bits per heavy atom. The number of likely N-dealkylation sites (tertiary alicyclic amines) is 1. The molecule has 1 saturated carbocycles. The topological polar surface area (TPSA) is 32.3 Å². The second-order valence-corrected chi connectivity index (χ2v) is 8.19. The van der Waals surface area contributed by atoms with E-state index in [0.29, 0.717) is 18.2 Å². The number of halogens is 1. The Balaban J connectivity index is 1.54. The number of aryl methyl sites for hydroxylation is 1. The Morgan fingerprint density at radius 1 is 1.00 bits per heavy atom. The highest BCUT2D eigenvalue weighted by atomic mass is 19.1. The van der Waals surface area contributed by atoms with Gasteiger partial charge in [-0.1, -0.05) is 37.1 Å². The Bertz CT molecular complexity index is 807. The number of benzene rings is 2. The second kappa shape index (κ2) is 8.34. The molecule has 0 radical (unpaired) electrons. The molecule has 3 nitrogen and oxygen atoms in total. The van der Waals surface area contributed by atoms with Crippen LogP contribution in [0.3, 0.4) is 0 Å². The highest BCUT2D eigenvalue weighted by molar-refractivity contribution is 5.96. The molecule has 4 heteroatoms. The average molecular weight is 381 g/mol. The smallest absolute Gasteiger partial charge is 0.257 e.